The highest BCUT2D eigenvalue weighted by molar-refractivity contribution is 5.93. The minimum atomic E-state index is -0.223. The van der Waals surface area contributed by atoms with Crippen molar-refractivity contribution in [2.24, 2.45) is 11.8 Å². The number of rotatable bonds is 9. The minimum absolute atomic E-state index is 0.0605. The summed E-state index contributed by atoms with van der Waals surface area (Å²) in [5, 5.41) is 2.90. The summed E-state index contributed by atoms with van der Waals surface area (Å²) in [5.41, 5.74) is 2.18. The van der Waals surface area contributed by atoms with Gasteiger partial charge in [-0.25, -0.2) is 4.98 Å². The Morgan fingerprint density at radius 3 is 2.39 bits per heavy atom. The van der Waals surface area contributed by atoms with E-state index in [4.69, 9.17) is 0 Å². The largest absolute Gasteiger partial charge is 0.345 e. The maximum atomic E-state index is 13.2. The first-order chi connectivity index (χ1) is 14.8. The standard InChI is InChI=1S/C24H31N5O2/c1-17(2)14-28(15-18(3)4)23(30)16-29-21-10-6-5-9-20(21)27-22(29)13-26-24(31)19-8-7-11-25-12-19/h5-12,17-18H,13-16H2,1-4H3,(H,26,31). The van der Waals surface area contributed by atoms with Gasteiger partial charge in [-0.05, 0) is 36.1 Å². The number of pyridine rings is 1. The Kier molecular flexibility index (Phi) is 7.39. The second-order valence-corrected chi connectivity index (χ2v) is 8.61. The first-order valence-electron chi connectivity index (χ1n) is 10.7. The van der Waals surface area contributed by atoms with E-state index in [9.17, 15) is 9.59 Å². The fourth-order valence-electron chi connectivity index (χ4n) is 3.59. The quantitative estimate of drug-likeness (QED) is 0.573. The van der Waals surface area contributed by atoms with Crippen LogP contribution in [-0.2, 0) is 17.9 Å². The molecular formula is C24H31N5O2. The highest BCUT2D eigenvalue weighted by Gasteiger charge is 2.20. The van der Waals surface area contributed by atoms with Gasteiger partial charge in [-0.3, -0.25) is 14.6 Å². The molecule has 0 aliphatic rings. The van der Waals surface area contributed by atoms with E-state index in [2.05, 4.69) is 43.0 Å². The van der Waals surface area contributed by atoms with Crippen LogP contribution in [0, 0.1) is 11.8 Å². The maximum Gasteiger partial charge on any atom is 0.253 e. The van der Waals surface area contributed by atoms with Crippen molar-refractivity contribution < 1.29 is 9.59 Å². The van der Waals surface area contributed by atoms with Gasteiger partial charge in [0.05, 0.1) is 23.1 Å². The third kappa shape index (κ3) is 5.90. The van der Waals surface area contributed by atoms with Crippen LogP contribution in [0.1, 0.15) is 43.9 Å². The molecule has 0 aliphatic carbocycles. The molecule has 2 amide bonds. The average Bonchev–Trinajstić information content (AvgIpc) is 3.09. The summed E-state index contributed by atoms with van der Waals surface area (Å²) in [6.07, 6.45) is 3.15. The summed E-state index contributed by atoms with van der Waals surface area (Å²) >= 11 is 0. The number of imidazole rings is 1. The number of nitrogens with one attached hydrogen (secondary N) is 1. The molecule has 0 spiro atoms. The zero-order valence-electron chi connectivity index (χ0n) is 18.7. The number of amides is 2. The van der Waals surface area contributed by atoms with E-state index in [0.717, 1.165) is 24.1 Å². The monoisotopic (exact) mass is 421 g/mol. The Hall–Kier alpha value is -3.22. The molecule has 7 heteroatoms. The van der Waals surface area contributed by atoms with Crippen LogP contribution in [0.3, 0.4) is 0 Å². The summed E-state index contributed by atoms with van der Waals surface area (Å²) < 4.78 is 1.91. The summed E-state index contributed by atoms with van der Waals surface area (Å²) in [7, 11) is 0. The van der Waals surface area contributed by atoms with Gasteiger partial charge in [-0.2, -0.15) is 0 Å². The van der Waals surface area contributed by atoms with Gasteiger partial charge >= 0.3 is 0 Å². The van der Waals surface area contributed by atoms with Crippen LogP contribution in [0.5, 0.6) is 0 Å². The average molecular weight is 422 g/mol. The van der Waals surface area contributed by atoms with E-state index >= 15 is 0 Å². The fraction of sp³-hybridized carbons (Fsp3) is 0.417. The second kappa shape index (κ2) is 10.2. The smallest absolute Gasteiger partial charge is 0.253 e. The molecule has 3 rings (SSSR count). The van der Waals surface area contributed by atoms with Gasteiger partial charge in [0.1, 0.15) is 12.4 Å². The Bertz CT molecular complexity index is 1020. The van der Waals surface area contributed by atoms with Crippen LogP contribution >= 0.6 is 0 Å². The minimum Gasteiger partial charge on any atom is -0.345 e. The molecule has 7 nitrogen and oxygen atoms in total. The van der Waals surface area contributed by atoms with Crippen molar-refractivity contribution in [3.8, 4) is 0 Å². The highest BCUT2D eigenvalue weighted by atomic mass is 16.2. The van der Waals surface area contributed by atoms with Crippen LogP contribution in [0.4, 0.5) is 0 Å². The molecule has 0 bridgehead atoms. The number of carbonyl (C=O) groups is 2. The molecule has 0 atom stereocenters. The predicted molar refractivity (Wildman–Crippen MR) is 121 cm³/mol. The molecule has 31 heavy (non-hydrogen) atoms. The highest BCUT2D eigenvalue weighted by Crippen LogP contribution is 2.17. The molecule has 2 aromatic heterocycles. The fourth-order valence-corrected chi connectivity index (χ4v) is 3.59. The predicted octanol–water partition coefficient (Wildman–Crippen LogP) is 3.50. The molecule has 0 aliphatic heterocycles. The van der Waals surface area contributed by atoms with Gasteiger partial charge in [0, 0.05) is 25.5 Å². The van der Waals surface area contributed by atoms with Gasteiger partial charge in [0.2, 0.25) is 5.91 Å². The van der Waals surface area contributed by atoms with Crippen molar-refractivity contribution in [2.75, 3.05) is 13.1 Å². The Balaban J connectivity index is 1.83. The third-order valence-electron chi connectivity index (χ3n) is 4.88. The second-order valence-electron chi connectivity index (χ2n) is 8.61. The van der Waals surface area contributed by atoms with E-state index in [0.29, 0.717) is 23.2 Å². The summed E-state index contributed by atoms with van der Waals surface area (Å²) in [4.78, 5) is 36.3. The molecule has 1 aromatic carbocycles. The molecule has 0 unspecified atom stereocenters. The van der Waals surface area contributed by atoms with Gasteiger partial charge in [-0.15, -0.1) is 0 Å². The SMILES string of the molecule is CC(C)CN(CC(C)C)C(=O)Cn1c(CNC(=O)c2cccnc2)nc2ccccc21. The van der Waals surface area contributed by atoms with Gasteiger partial charge < -0.3 is 14.8 Å². The lowest BCUT2D eigenvalue weighted by Gasteiger charge is -2.27. The normalized spacial score (nSPS) is 11.3. The molecule has 0 fully saturated rings. The van der Waals surface area contributed by atoms with Crippen LogP contribution in [-0.4, -0.2) is 44.3 Å². The molecule has 164 valence electrons. The topological polar surface area (TPSA) is 80.1 Å². The number of hydrogen-bond acceptors (Lipinski definition) is 4. The molecule has 1 N–H and O–H groups in total. The number of nitrogens with zero attached hydrogens (tertiary/aromatic N) is 4. The van der Waals surface area contributed by atoms with E-state index in [1.807, 2.05) is 33.7 Å². The van der Waals surface area contributed by atoms with E-state index in [1.165, 1.54) is 6.20 Å². The lowest BCUT2D eigenvalue weighted by Crippen LogP contribution is -2.39. The van der Waals surface area contributed by atoms with Gasteiger partial charge in [-0.1, -0.05) is 39.8 Å². The third-order valence-corrected chi connectivity index (χ3v) is 4.88. The number of fused-ring (bicyclic) bond motifs is 1. The van der Waals surface area contributed by atoms with Crippen LogP contribution in [0.2, 0.25) is 0 Å². The van der Waals surface area contributed by atoms with Crippen molar-refractivity contribution in [2.45, 2.75) is 40.8 Å². The molecular weight excluding hydrogens is 390 g/mol. The van der Waals surface area contributed by atoms with Gasteiger partial charge in [0.25, 0.3) is 5.91 Å². The lowest BCUT2D eigenvalue weighted by atomic mass is 10.1. The number of aromatic nitrogens is 3. The number of para-hydroxylation sites is 2. The summed E-state index contributed by atoms with van der Waals surface area (Å²) in [6.45, 7) is 10.3. The van der Waals surface area contributed by atoms with Crippen LogP contribution in [0.25, 0.3) is 11.0 Å². The summed E-state index contributed by atoms with van der Waals surface area (Å²) in [5.74, 6) is 1.27. The zero-order chi connectivity index (χ0) is 22.4. The van der Waals surface area contributed by atoms with E-state index in [-0.39, 0.29) is 24.9 Å². The van der Waals surface area contributed by atoms with Gasteiger partial charge in [0.15, 0.2) is 0 Å². The van der Waals surface area contributed by atoms with Crippen LogP contribution < -0.4 is 5.32 Å². The molecule has 0 saturated carbocycles. The van der Waals surface area contributed by atoms with Crippen molar-refractivity contribution in [1.82, 2.24) is 24.8 Å². The van der Waals surface area contributed by atoms with Crippen molar-refractivity contribution in [1.29, 1.82) is 0 Å². The van der Waals surface area contributed by atoms with Crippen molar-refractivity contribution in [3.63, 3.8) is 0 Å². The molecule has 3 aromatic rings. The molecule has 2 heterocycles. The number of benzene rings is 1. The van der Waals surface area contributed by atoms with E-state index < -0.39 is 0 Å². The Morgan fingerprint density at radius 2 is 1.74 bits per heavy atom. The number of carbonyl (C=O) groups excluding carboxylic acids is 2. The molecule has 0 radical (unpaired) electrons. The first-order valence-corrected chi connectivity index (χ1v) is 10.7. The first kappa shape index (κ1) is 22.5. The maximum absolute atomic E-state index is 13.2. The Morgan fingerprint density at radius 1 is 1.03 bits per heavy atom. The Labute approximate surface area is 183 Å². The number of hydrogen-bond donors (Lipinski definition) is 1. The van der Waals surface area contributed by atoms with Crippen LogP contribution in [0.15, 0.2) is 48.8 Å². The van der Waals surface area contributed by atoms with Crippen molar-refractivity contribution in [3.05, 3.63) is 60.2 Å². The van der Waals surface area contributed by atoms with E-state index in [1.54, 1.807) is 18.3 Å². The lowest BCUT2D eigenvalue weighted by molar-refractivity contribution is -0.132. The van der Waals surface area contributed by atoms with Crippen molar-refractivity contribution >= 4 is 22.8 Å². The summed E-state index contributed by atoms with van der Waals surface area (Å²) in [6, 6.07) is 11.2. The molecule has 0 saturated heterocycles. The zero-order valence-corrected chi connectivity index (χ0v) is 18.7.